The van der Waals surface area contributed by atoms with Crippen LogP contribution in [0.1, 0.15) is 39.5 Å². The lowest BCUT2D eigenvalue weighted by Crippen LogP contribution is -2.16. The first-order valence-corrected chi connectivity index (χ1v) is 9.89. The number of unbranched alkanes of at least 4 members (excludes halogenated alkanes) is 2. The summed E-state index contributed by atoms with van der Waals surface area (Å²) in [6.07, 6.45) is 5.51. The second-order valence-electron chi connectivity index (χ2n) is 5.41. The highest BCUT2D eigenvalue weighted by molar-refractivity contribution is 6.83. The molecule has 0 unspecified atom stereocenters. The molecule has 0 radical (unpaired) electrons. The number of ether oxygens (including phenoxy) is 1. The van der Waals surface area contributed by atoms with Crippen molar-refractivity contribution in [1.82, 2.24) is 0 Å². The van der Waals surface area contributed by atoms with E-state index >= 15 is 0 Å². The molecule has 3 heteroatoms. The number of rotatable bonds is 5. The van der Waals surface area contributed by atoms with Crippen LogP contribution in [0.15, 0.2) is 17.6 Å². The SMILES string of the molecule is CC(=O)OC=C=C(C)CCCCC#C[Si](C)(C)C. The van der Waals surface area contributed by atoms with Gasteiger partial charge in [-0.2, -0.15) is 0 Å². The second kappa shape index (κ2) is 8.80. The quantitative estimate of drug-likeness (QED) is 0.187. The Labute approximate surface area is 112 Å². The Morgan fingerprint density at radius 2 is 1.89 bits per heavy atom. The summed E-state index contributed by atoms with van der Waals surface area (Å²) in [6, 6.07) is 0. The van der Waals surface area contributed by atoms with Crippen LogP contribution in [0.25, 0.3) is 0 Å². The van der Waals surface area contributed by atoms with Gasteiger partial charge >= 0.3 is 5.97 Å². The van der Waals surface area contributed by atoms with Crippen molar-refractivity contribution in [3.8, 4) is 11.5 Å². The van der Waals surface area contributed by atoms with Gasteiger partial charge in [-0.3, -0.25) is 4.79 Å². The van der Waals surface area contributed by atoms with Crippen molar-refractivity contribution < 1.29 is 9.53 Å². The molecule has 0 aromatic heterocycles. The van der Waals surface area contributed by atoms with Crippen molar-refractivity contribution in [1.29, 1.82) is 0 Å². The summed E-state index contributed by atoms with van der Waals surface area (Å²) >= 11 is 0. The van der Waals surface area contributed by atoms with Gasteiger partial charge < -0.3 is 4.74 Å². The summed E-state index contributed by atoms with van der Waals surface area (Å²) in [7, 11) is -1.20. The highest BCUT2D eigenvalue weighted by Gasteiger charge is 2.06. The van der Waals surface area contributed by atoms with E-state index in [9.17, 15) is 4.79 Å². The molecule has 0 rings (SSSR count). The molecule has 0 aliphatic carbocycles. The zero-order chi connectivity index (χ0) is 14.0. The largest absolute Gasteiger partial charge is 0.426 e. The minimum absolute atomic E-state index is 0.308. The van der Waals surface area contributed by atoms with Crippen LogP contribution in [0.4, 0.5) is 0 Å². The highest BCUT2D eigenvalue weighted by Crippen LogP contribution is 2.07. The summed E-state index contributed by atoms with van der Waals surface area (Å²) in [5.41, 5.74) is 7.41. The number of hydrogen-bond donors (Lipinski definition) is 0. The number of carbonyl (C=O) groups excluding carboxylic acids is 1. The Hall–Kier alpha value is -1.23. The van der Waals surface area contributed by atoms with Crippen LogP contribution in [-0.4, -0.2) is 14.0 Å². The van der Waals surface area contributed by atoms with Gasteiger partial charge in [0.1, 0.15) is 14.3 Å². The normalized spacial score (nSPS) is 9.83. The first-order chi connectivity index (χ1) is 8.31. The first-order valence-electron chi connectivity index (χ1n) is 6.39. The fraction of sp³-hybridized carbons (Fsp3) is 0.600. The first kappa shape index (κ1) is 16.8. The number of esters is 1. The molecule has 100 valence electrons. The van der Waals surface area contributed by atoms with Crippen LogP contribution >= 0.6 is 0 Å². The number of allylic oxidation sites excluding steroid dienone is 1. The predicted molar refractivity (Wildman–Crippen MR) is 78.6 cm³/mol. The summed E-state index contributed by atoms with van der Waals surface area (Å²) in [4.78, 5) is 10.5. The molecule has 0 N–H and O–H groups in total. The second-order valence-corrected chi connectivity index (χ2v) is 10.2. The molecular weight excluding hydrogens is 240 g/mol. The Morgan fingerprint density at radius 3 is 2.44 bits per heavy atom. The summed E-state index contributed by atoms with van der Waals surface area (Å²) in [5.74, 6) is 2.95. The van der Waals surface area contributed by atoms with Gasteiger partial charge in [0.25, 0.3) is 0 Å². The maximum atomic E-state index is 10.5. The lowest BCUT2D eigenvalue weighted by Gasteiger charge is -2.03. The minimum atomic E-state index is -1.20. The van der Waals surface area contributed by atoms with Crippen molar-refractivity contribution in [2.45, 2.75) is 59.2 Å². The van der Waals surface area contributed by atoms with Crippen LogP contribution < -0.4 is 0 Å². The standard InChI is InChI=1S/C15H24O2Si/c1-14(11-12-17-15(2)16)10-8-6-7-9-13-18(3,4)5/h12H,6-8,10H2,1-5H3. The lowest BCUT2D eigenvalue weighted by molar-refractivity contribution is -0.135. The minimum Gasteiger partial charge on any atom is -0.426 e. The average Bonchev–Trinajstić information content (AvgIpc) is 2.21. The van der Waals surface area contributed by atoms with E-state index in [1.54, 1.807) is 0 Å². The monoisotopic (exact) mass is 264 g/mol. The number of carbonyl (C=O) groups is 1. The van der Waals surface area contributed by atoms with Gasteiger partial charge in [0.2, 0.25) is 0 Å². The third-order valence-electron chi connectivity index (χ3n) is 2.10. The van der Waals surface area contributed by atoms with Crippen LogP contribution in [0.3, 0.4) is 0 Å². The Bertz CT molecular complexity index is 385. The summed E-state index contributed by atoms with van der Waals surface area (Å²) in [5, 5.41) is 0. The van der Waals surface area contributed by atoms with Crippen LogP contribution in [0.2, 0.25) is 19.6 Å². The van der Waals surface area contributed by atoms with Crippen molar-refractivity contribution >= 4 is 14.0 Å². The molecule has 0 heterocycles. The Morgan fingerprint density at radius 1 is 1.22 bits per heavy atom. The van der Waals surface area contributed by atoms with Crippen molar-refractivity contribution in [2.75, 3.05) is 0 Å². The Kier molecular flexibility index (Phi) is 8.20. The third kappa shape index (κ3) is 12.8. The zero-order valence-corrected chi connectivity index (χ0v) is 13.2. The van der Waals surface area contributed by atoms with E-state index in [0.717, 1.165) is 31.3 Å². The van der Waals surface area contributed by atoms with Gasteiger partial charge in [-0.1, -0.05) is 25.4 Å². The highest BCUT2D eigenvalue weighted by atomic mass is 28.3. The van der Waals surface area contributed by atoms with E-state index in [-0.39, 0.29) is 5.97 Å². The van der Waals surface area contributed by atoms with E-state index in [2.05, 4.69) is 41.6 Å². The van der Waals surface area contributed by atoms with E-state index in [4.69, 9.17) is 0 Å². The molecule has 0 amide bonds. The van der Waals surface area contributed by atoms with Crippen LogP contribution in [0, 0.1) is 11.5 Å². The molecular formula is C15H24O2Si. The topological polar surface area (TPSA) is 26.3 Å². The molecule has 0 aromatic rings. The van der Waals surface area contributed by atoms with E-state index in [1.165, 1.54) is 13.2 Å². The van der Waals surface area contributed by atoms with Gasteiger partial charge in [0.05, 0.1) is 0 Å². The predicted octanol–water partition coefficient (Wildman–Crippen LogP) is 4.05. The van der Waals surface area contributed by atoms with Gasteiger partial charge in [-0.05, 0) is 31.8 Å². The molecule has 0 bridgehead atoms. The van der Waals surface area contributed by atoms with Crippen molar-refractivity contribution in [2.24, 2.45) is 0 Å². The van der Waals surface area contributed by atoms with Crippen LogP contribution in [0.5, 0.6) is 0 Å². The number of hydrogen-bond acceptors (Lipinski definition) is 2. The molecule has 0 saturated carbocycles. The molecule has 0 aliphatic heterocycles. The molecule has 0 atom stereocenters. The summed E-state index contributed by atoms with van der Waals surface area (Å²) in [6.45, 7) is 10.1. The fourth-order valence-corrected chi connectivity index (χ4v) is 1.87. The van der Waals surface area contributed by atoms with Gasteiger partial charge in [-0.25, -0.2) is 0 Å². The molecule has 0 fully saturated rings. The van der Waals surface area contributed by atoms with E-state index in [0.29, 0.717) is 0 Å². The zero-order valence-electron chi connectivity index (χ0n) is 12.2. The van der Waals surface area contributed by atoms with Gasteiger partial charge in [0, 0.05) is 13.3 Å². The summed E-state index contributed by atoms with van der Waals surface area (Å²) < 4.78 is 4.68. The molecule has 0 aromatic carbocycles. The van der Waals surface area contributed by atoms with Crippen LogP contribution in [-0.2, 0) is 9.53 Å². The van der Waals surface area contributed by atoms with E-state index in [1.807, 2.05) is 6.92 Å². The van der Waals surface area contributed by atoms with Gasteiger partial charge in [0.15, 0.2) is 0 Å². The van der Waals surface area contributed by atoms with Crippen molar-refractivity contribution in [3.63, 3.8) is 0 Å². The fourth-order valence-electron chi connectivity index (χ4n) is 1.22. The molecule has 2 nitrogen and oxygen atoms in total. The maximum absolute atomic E-state index is 10.5. The molecule has 0 spiro atoms. The smallest absolute Gasteiger partial charge is 0.308 e. The third-order valence-corrected chi connectivity index (χ3v) is 3.02. The maximum Gasteiger partial charge on any atom is 0.308 e. The molecule has 0 aliphatic rings. The lowest BCUT2D eigenvalue weighted by atomic mass is 10.1. The van der Waals surface area contributed by atoms with Crippen molar-refractivity contribution in [3.05, 3.63) is 17.6 Å². The van der Waals surface area contributed by atoms with Gasteiger partial charge in [-0.15, -0.1) is 11.5 Å². The van der Waals surface area contributed by atoms with E-state index < -0.39 is 8.07 Å². The average molecular weight is 264 g/mol. The molecule has 18 heavy (non-hydrogen) atoms. The molecule has 0 saturated heterocycles. The Balaban J connectivity index is 3.81.